The maximum Gasteiger partial charge on any atom is 0.137 e. The van der Waals surface area contributed by atoms with E-state index in [1.54, 1.807) is 18.2 Å². The number of nitriles is 1. The Morgan fingerprint density at radius 2 is 1.89 bits per heavy atom. The van der Waals surface area contributed by atoms with Crippen molar-refractivity contribution in [3.63, 3.8) is 0 Å². The van der Waals surface area contributed by atoms with Gasteiger partial charge in [-0.25, -0.2) is 0 Å². The van der Waals surface area contributed by atoms with Crippen LogP contribution in [0.2, 0.25) is 0 Å². The van der Waals surface area contributed by atoms with Crippen molar-refractivity contribution in [2.24, 2.45) is 0 Å². The fourth-order valence-corrected chi connectivity index (χ4v) is 1.77. The summed E-state index contributed by atoms with van der Waals surface area (Å²) in [5.41, 5.74) is 7.66. The molecule has 0 spiro atoms. The van der Waals surface area contributed by atoms with Crippen LogP contribution in [0.4, 0.5) is 5.69 Å². The van der Waals surface area contributed by atoms with Gasteiger partial charge in [0, 0.05) is 10.2 Å². The first-order valence-corrected chi connectivity index (χ1v) is 6.15. The Hall–Kier alpha value is -1.99. The Kier molecular flexibility index (Phi) is 3.85. The van der Waals surface area contributed by atoms with Gasteiger partial charge in [0.1, 0.15) is 18.4 Å². The third-order valence-electron chi connectivity index (χ3n) is 2.43. The molecule has 0 unspecified atom stereocenters. The molecule has 2 N–H and O–H groups in total. The molecule has 4 heteroatoms. The first-order valence-electron chi connectivity index (χ1n) is 5.36. The van der Waals surface area contributed by atoms with E-state index in [1.165, 1.54) is 0 Å². The van der Waals surface area contributed by atoms with E-state index in [2.05, 4.69) is 22.0 Å². The van der Waals surface area contributed by atoms with Gasteiger partial charge in [-0.05, 0) is 35.9 Å². The molecule has 0 aromatic heterocycles. The molecule has 0 radical (unpaired) electrons. The second-order valence-electron chi connectivity index (χ2n) is 3.78. The van der Waals surface area contributed by atoms with Crippen LogP contribution >= 0.6 is 15.9 Å². The minimum absolute atomic E-state index is 0.422. The zero-order valence-electron chi connectivity index (χ0n) is 9.56. The van der Waals surface area contributed by atoms with E-state index in [9.17, 15) is 0 Å². The van der Waals surface area contributed by atoms with Gasteiger partial charge in [-0.2, -0.15) is 5.26 Å². The van der Waals surface area contributed by atoms with Crippen LogP contribution in [0.5, 0.6) is 5.75 Å². The summed E-state index contributed by atoms with van der Waals surface area (Å²) >= 11 is 3.37. The lowest BCUT2D eigenvalue weighted by Gasteiger charge is -2.08. The summed E-state index contributed by atoms with van der Waals surface area (Å²) in [7, 11) is 0. The summed E-state index contributed by atoms with van der Waals surface area (Å²) in [6.07, 6.45) is 0. The fraction of sp³-hybridized carbons (Fsp3) is 0.0714. The summed E-state index contributed by atoms with van der Waals surface area (Å²) in [6, 6.07) is 14.9. The number of halogens is 1. The Morgan fingerprint density at radius 1 is 1.17 bits per heavy atom. The van der Waals surface area contributed by atoms with Gasteiger partial charge >= 0.3 is 0 Å². The van der Waals surface area contributed by atoms with Crippen molar-refractivity contribution >= 4 is 21.6 Å². The van der Waals surface area contributed by atoms with Gasteiger partial charge < -0.3 is 10.5 Å². The molecule has 3 nitrogen and oxygen atoms in total. The molecule has 18 heavy (non-hydrogen) atoms. The topological polar surface area (TPSA) is 59.0 Å². The Bertz CT molecular complexity index is 588. The summed E-state index contributed by atoms with van der Waals surface area (Å²) in [6.45, 7) is 0.422. The SMILES string of the molecule is N#Cc1cc(N)ccc1OCc1ccc(Br)cc1. The van der Waals surface area contributed by atoms with Crippen LogP contribution in [-0.4, -0.2) is 0 Å². The number of benzene rings is 2. The monoisotopic (exact) mass is 302 g/mol. The summed E-state index contributed by atoms with van der Waals surface area (Å²) < 4.78 is 6.64. The molecule has 0 saturated heterocycles. The van der Waals surface area contributed by atoms with Gasteiger partial charge in [-0.15, -0.1) is 0 Å². The maximum absolute atomic E-state index is 8.98. The standard InChI is InChI=1S/C14H11BrN2O/c15-12-3-1-10(2-4-12)9-18-14-6-5-13(17)7-11(14)8-16/h1-7H,9,17H2. The molecule has 0 aliphatic heterocycles. The fourth-order valence-electron chi connectivity index (χ4n) is 1.50. The molecule has 0 heterocycles. The Labute approximate surface area is 114 Å². The van der Waals surface area contributed by atoms with E-state index in [-0.39, 0.29) is 0 Å². The molecular weight excluding hydrogens is 292 g/mol. The highest BCUT2D eigenvalue weighted by Gasteiger charge is 2.04. The van der Waals surface area contributed by atoms with E-state index in [0.717, 1.165) is 10.0 Å². The summed E-state index contributed by atoms with van der Waals surface area (Å²) in [5, 5.41) is 8.98. The van der Waals surface area contributed by atoms with Crippen molar-refractivity contribution in [2.75, 3.05) is 5.73 Å². The van der Waals surface area contributed by atoms with Crippen LogP contribution in [0, 0.1) is 11.3 Å². The highest BCUT2D eigenvalue weighted by molar-refractivity contribution is 9.10. The number of hydrogen-bond donors (Lipinski definition) is 1. The van der Waals surface area contributed by atoms with Crippen LogP contribution in [0.3, 0.4) is 0 Å². The number of hydrogen-bond acceptors (Lipinski definition) is 3. The van der Waals surface area contributed by atoms with Crippen LogP contribution in [0.25, 0.3) is 0 Å². The number of anilines is 1. The lowest BCUT2D eigenvalue weighted by molar-refractivity contribution is 0.305. The van der Waals surface area contributed by atoms with E-state index < -0.39 is 0 Å². The first kappa shape index (κ1) is 12.5. The van der Waals surface area contributed by atoms with Crippen LogP contribution in [-0.2, 0) is 6.61 Å². The van der Waals surface area contributed by atoms with Gasteiger partial charge in [0.05, 0.1) is 5.56 Å². The number of rotatable bonds is 3. The second-order valence-corrected chi connectivity index (χ2v) is 4.70. The van der Waals surface area contributed by atoms with E-state index in [4.69, 9.17) is 15.7 Å². The summed E-state index contributed by atoms with van der Waals surface area (Å²) in [4.78, 5) is 0. The zero-order chi connectivity index (χ0) is 13.0. The van der Waals surface area contributed by atoms with Gasteiger partial charge in [0.15, 0.2) is 0 Å². The number of nitrogens with zero attached hydrogens (tertiary/aromatic N) is 1. The van der Waals surface area contributed by atoms with Crippen molar-refractivity contribution in [3.8, 4) is 11.8 Å². The van der Waals surface area contributed by atoms with Gasteiger partial charge in [-0.1, -0.05) is 28.1 Å². The summed E-state index contributed by atoms with van der Waals surface area (Å²) in [5.74, 6) is 0.551. The molecule has 0 aliphatic rings. The third kappa shape index (κ3) is 3.02. The quantitative estimate of drug-likeness (QED) is 0.883. The average molecular weight is 303 g/mol. The van der Waals surface area contributed by atoms with Gasteiger partial charge in [0.2, 0.25) is 0 Å². The van der Waals surface area contributed by atoms with E-state index in [0.29, 0.717) is 23.6 Å². The molecular formula is C14H11BrN2O. The van der Waals surface area contributed by atoms with Crippen molar-refractivity contribution in [3.05, 3.63) is 58.1 Å². The molecule has 0 fully saturated rings. The molecule has 0 amide bonds. The first-order chi connectivity index (χ1) is 8.69. The second kappa shape index (κ2) is 5.56. The van der Waals surface area contributed by atoms with Crippen LogP contribution in [0.1, 0.15) is 11.1 Å². The normalized spacial score (nSPS) is 9.78. The minimum Gasteiger partial charge on any atom is -0.488 e. The number of nitrogens with two attached hydrogens (primary N) is 1. The Morgan fingerprint density at radius 3 is 2.56 bits per heavy atom. The lowest BCUT2D eigenvalue weighted by atomic mass is 10.2. The Balaban J connectivity index is 2.11. The van der Waals surface area contributed by atoms with Crippen molar-refractivity contribution in [2.45, 2.75) is 6.61 Å². The molecule has 0 aliphatic carbocycles. The third-order valence-corrected chi connectivity index (χ3v) is 2.96. The predicted octanol–water partition coefficient (Wildman–Crippen LogP) is 3.48. The smallest absolute Gasteiger partial charge is 0.137 e. The molecule has 90 valence electrons. The highest BCUT2D eigenvalue weighted by atomic mass is 79.9. The van der Waals surface area contributed by atoms with E-state index in [1.807, 2.05) is 24.3 Å². The molecule has 0 atom stereocenters. The van der Waals surface area contributed by atoms with Crippen molar-refractivity contribution in [1.29, 1.82) is 5.26 Å². The highest BCUT2D eigenvalue weighted by Crippen LogP contribution is 2.21. The largest absolute Gasteiger partial charge is 0.488 e. The molecule has 0 bridgehead atoms. The van der Waals surface area contributed by atoms with Crippen LogP contribution in [0.15, 0.2) is 46.9 Å². The van der Waals surface area contributed by atoms with Gasteiger partial charge in [0.25, 0.3) is 0 Å². The predicted molar refractivity (Wildman–Crippen MR) is 74.0 cm³/mol. The van der Waals surface area contributed by atoms with Gasteiger partial charge in [-0.3, -0.25) is 0 Å². The molecule has 2 aromatic rings. The van der Waals surface area contributed by atoms with Crippen molar-refractivity contribution in [1.82, 2.24) is 0 Å². The lowest BCUT2D eigenvalue weighted by Crippen LogP contribution is -1.98. The number of ether oxygens (including phenoxy) is 1. The molecule has 2 aromatic carbocycles. The number of nitrogen functional groups attached to an aromatic ring is 1. The zero-order valence-corrected chi connectivity index (χ0v) is 11.1. The molecule has 0 saturated carbocycles. The maximum atomic E-state index is 8.98. The minimum atomic E-state index is 0.422. The van der Waals surface area contributed by atoms with Crippen LogP contribution < -0.4 is 10.5 Å². The van der Waals surface area contributed by atoms with Crippen molar-refractivity contribution < 1.29 is 4.74 Å². The van der Waals surface area contributed by atoms with E-state index >= 15 is 0 Å². The molecule has 2 rings (SSSR count). The average Bonchev–Trinajstić information content (AvgIpc) is 2.39.